The predicted octanol–water partition coefficient (Wildman–Crippen LogP) is 2.78. The number of rotatable bonds is 5. The third-order valence-corrected chi connectivity index (χ3v) is 3.06. The second kappa shape index (κ2) is 6.65. The van der Waals surface area contributed by atoms with Gasteiger partial charge in [-0.2, -0.15) is 0 Å². The summed E-state index contributed by atoms with van der Waals surface area (Å²) in [7, 11) is 0. The van der Waals surface area contributed by atoms with E-state index in [-0.39, 0.29) is 17.4 Å². The number of anilines is 1. The highest BCUT2D eigenvalue weighted by Gasteiger charge is 2.28. The molecule has 2 heterocycles. The predicted molar refractivity (Wildman–Crippen MR) is 79.7 cm³/mol. The van der Waals surface area contributed by atoms with Crippen LogP contribution in [-0.4, -0.2) is 28.1 Å². The molecule has 2 aromatic rings. The molecule has 0 bridgehead atoms. The van der Waals surface area contributed by atoms with Gasteiger partial charge in [0.2, 0.25) is 0 Å². The monoisotopic (exact) mass is 325 g/mol. The topological polar surface area (TPSA) is 97.2 Å². The van der Waals surface area contributed by atoms with Gasteiger partial charge in [-0.15, -0.1) is 0 Å². The van der Waals surface area contributed by atoms with E-state index in [9.17, 15) is 9.59 Å². The summed E-state index contributed by atoms with van der Waals surface area (Å²) in [5.74, 6) is -0.518. The zero-order valence-corrected chi connectivity index (χ0v) is 13.1. The van der Waals surface area contributed by atoms with Gasteiger partial charge in [0.15, 0.2) is 11.9 Å². The number of carbonyl (C=O) groups is 2. The molecule has 0 unspecified atom stereocenters. The summed E-state index contributed by atoms with van der Waals surface area (Å²) in [5.41, 5.74) is 0.181. The first kappa shape index (κ1) is 16.1. The summed E-state index contributed by atoms with van der Waals surface area (Å²) in [4.78, 5) is 26.9. The number of carbonyl (C=O) groups excluding carboxylic acids is 2. The molecule has 0 aromatic carbocycles. The van der Waals surface area contributed by atoms with Crippen LogP contribution in [0.3, 0.4) is 0 Å². The Morgan fingerprint density at radius 2 is 2.14 bits per heavy atom. The minimum Gasteiger partial charge on any atom is -0.447 e. The number of H-pyrrole nitrogens is 1. The first-order valence-corrected chi connectivity index (χ1v) is 7.03. The minimum atomic E-state index is -0.966. The molecule has 0 saturated carbocycles. The molecule has 7 nitrogen and oxygen atoms in total. The Hall–Kier alpha value is -2.28. The van der Waals surface area contributed by atoms with E-state index in [1.165, 1.54) is 12.3 Å². The fourth-order valence-electron chi connectivity index (χ4n) is 1.78. The molecule has 0 saturated heterocycles. The highest BCUT2D eigenvalue weighted by atomic mass is 35.5. The molecule has 0 fully saturated rings. The van der Waals surface area contributed by atoms with Crippen molar-refractivity contribution < 1.29 is 18.8 Å². The highest BCUT2D eigenvalue weighted by Crippen LogP contribution is 2.16. The van der Waals surface area contributed by atoms with Crippen molar-refractivity contribution in [2.75, 3.05) is 5.32 Å². The summed E-state index contributed by atoms with van der Waals surface area (Å²) in [6, 6.07) is 3.00. The number of hydrogen-bond donors (Lipinski definition) is 2. The van der Waals surface area contributed by atoms with Gasteiger partial charge in [0.1, 0.15) is 11.5 Å². The molecule has 2 aromatic heterocycles. The van der Waals surface area contributed by atoms with E-state index in [1.807, 2.05) is 0 Å². The maximum atomic E-state index is 12.2. The molecule has 8 heteroatoms. The second-order valence-electron chi connectivity index (χ2n) is 5.11. The number of aromatic amines is 1. The molecule has 22 heavy (non-hydrogen) atoms. The molecule has 0 aliphatic heterocycles. The van der Waals surface area contributed by atoms with Crippen LogP contribution in [0, 0.1) is 12.8 Å². The number of aryl methyl sites for hydroxylation is 1. The third kappa shape index (κ3) is 3.88. The largest absolute Gasteiger partial charge is 0.447 e. The lowest BCUT2D eigenvalue weighted by Gasteiger charge is -2.19. The third-order valence-electron chi connectivity index (χ3n) is 2.84. The Kier molecular flexibility index (Phi) is 4.87. The highest BCUT2D eigenvalue weighted by molar-refractivity contribution is 6.30. The second-order valence-corrected chi connectivity index (χ2v) is 5.55. The number of esters is 1. The van der Waals surface area contributed by atoms with E-state index in [1.54, 1.807) is 26.8 Å². The summed E-state index contributed by atoms with van der Waals surface area (Å²) < 4.78 is 10.1. The van der Waals surface area contributed by atoms with Gasteiger partial charge < -0.3 is 19.6 Å². The molecule has 1 amide bonds. The van der Waals surface area contributed by atoms with Crippen LogP contribution in [0.25, 0.3) is 0 Å². The lowest BCUT2D eigenvalue weighted by molar-refractivity contribution is -0.126. The Labute approximate surface area is 132 Å². The lowest BCUT2D eigenvalue weighted by atomic mass is 10.1. The SMILES string of the molecule is Cc1cc(NC(=O)[C@H](OC(=O)c2cc(Cl)c[nH]2)C(C)C)no1. The number of nitrogens with zero attached hydrogens (tertiary/aromatic N) is 1. The lowest BCUT2D eigenvalue weighted by Crippen LogP contribution is -2.36. The zero-order chi connectivity index (χ0) is 16.3. The molecular formula is C14H16ClN3O4. The summed E-state index contributed by atoms with van der Waals surface area (Å²) in [6.07, 6.45) is 0.493. The number of ether oxygens (including phenoxy) is 1. The molecule has 1 atom stereocenters. The molecule has 0 aliphatic carbocycles. The molecule has 2 N–H and O–H groups in total. The molecular weight excluding hydrogens is 310 g/mol. The molecule has 118 valence electrons. The molecule has 2 rings (SSSR count). The molecule has 0 spiro atoms. The van der Waals surface area contributed by atoms with Gasteiger partial charge in [0, 0.05) is 12.3 Å². The van der Waals surface area contributed by atoms with Crippen molar-refractivity contribution in [3.05, 3.63) is 34.8 Å². The van der Waals surface area contributed by atoms with E-state index in [2.05, 4.69) is 15.5 Å². The summed E-state index contributed by atoms with van der Waals surface area (Å²) >= 11 is 5.74. The van der Waals surface area contributed by atoms with Gasteiger partial charge in [-0.05, 0) is 18.9 Å². The van der Waals surface area contributed by atoms with Crippen LogP contribution < -0.4 is 5.32 Å². The van der Waals surface area contributed by atoms with Gasteiger partial charge in [0.05, 0.1) is 5.02 Å². The zero-order valence-electron chi connectivity index (χ0n) is 12.3. The van der Waals surface area contributed by atoms with Crippen molar-refractivity contribution in [1.82, 2.24) is 10.1 Å². The van der Waals surface area contributed by atoms with E-state index < -0.39 is 18.0 Å². The molecule has 0 aliphatic rings. The van der Waals surface area contributed by atoms with Crippen molar-refractivity contribution in [2.24, 2.45) is 5.92 Å². The number of halogens is 1. The summed E-state index contributed by atoms with van der Waals surface area (Å²) in [5, 5.41) is 6.60. The van der Waals surface area contributed by atoms with Crippen LogP contribution in [0.1, 0.15) is 30.1 Å². The van der Waals surface area contributed by atoms with Crippen LogP contribution in [-0.2, 0) is 9.53 Å². The maximum Gasteiger partial charge on any atom is 0.355 e. The number of nitrogens with one attached hydrogen (secondary N) is 2. The van der Waals surface area contributed by atoms with Crippen molar-refractivity contribution in [3.63, 3.8) is 0 Å². The average molecular weight is 326 g/mol. The number of amides is 1. The quantitative estimate of drug-likeness (QED) is 0.824. The fraction of sp³-hybridized carbons (Fsp3) is 0.357. The Morgan fingerprint density at radius 3 is 2.64 bits per heavy atom. The molecule has 0 radical (unpaired) electrons. The number of aromatic nitrogens is 2. The summed E-state index contributed by atoms with van der Waals surface area (Å²) in [6.45, 7) is 5.25. The average Bonchev–Trinajstić information content (AvgIpc) is 3.04. The first-order chi connectivity index (χ1) is 10.4. The first-order valence-electron chi connectivity index (χ1n) is 6.66. The van der Waals surface area contributed by atoms with Crippen LogP contribution in [0.15, 0.2) is 22.9 Å². The van der Waals surface area contributed by atoms with E-state index in [0.29, 0.717) is 10.8 Å². The normalized spacial score (nSPS) is 12.2. The van der Waals surface area contributed by atoms with E-state index in [4.69, 9.17) is 20.9 Å². The number of hydrogen-bond acceptors (Lipinski definition) is 5. The van der Waals surface area contributed by atoms with Crippen molar-refractivity contribution in [1.29, 1.82) is 0 Å². The minimum absolute atomic E-state index is 0.181. The van der Waals surface area contributed by atoms with E-state index >= 15 is 0 Å². The van der Waals surface area contributed by atoms with Crippen LogP contribution in [0.5, 0.6) is 0 Å². The Balaban J connectivity index is 2.05. The van der Waals surface area contributed by atoms with Gasteiger partial charge in [-0.25, -0.2) is 4.79 Å². The van der Waals surface area contributed by atoms with E-state index in [0.717, 1.165) is 0 Å². The van der Waals surface area contributed by atoms with Crippen molar-refractivity contribution >= 4 is 29.3 Å². The van der Waals surface area contributed by atoms with Gasteiger partial charge in [-0.1, -0.05) is 30.6 Å². The Morgan fingerprint density at radius 1 is 1.41 bits per heavy atom. The van der Waals surface area contributed by atoms with Gasteiger partial charge in [-0.3, -0.25) is 4.79 Å². The van der Waals surface area contributed by atoms with Crippen molar-refractivity contribution in [3.8, 4) is 0 Å². The standard InChI is InChI=1S/C14H16ClN3O4/c1-7(2)12(13(19)17-11-4-8(3)22-18-11)21-14(20)10-5-9(15)6-16-10/h4-7,12,16H,1-3H3,(H,17,18,19)/t12-/m1/s1. The van der Waals surface area contributed by atoms with Crippen LogP contribution in [0.4, 0.5) is 5.82 Å². The van der Waals surface area contributed by atoms with Crippen LogP contribution >= 0.6 is 11.6 Å². The van der Waals surface area contributed by atoms with Gasteiger partial charge in [0.25, 0.3) is 5.91 Å². The fourth-order valence-corrected chi connectivity index (χ4v) is 1.94. The smallest absolute Gasteiger partial charge is 0.355 e. The Bertz CT molecular complexity index is 677. The van der Waals surface area contributed by atoms with Gasteiger partial charge >= 0.3 is 5.97 Å². The van der Waals surface area contributed by atoms with Crippen molar-refractivity contribution in [2.45, 2.75) is 26.9 Å². The maximum absolute atomic E-state index is 12.2. The van der Waals surface area contributed by atoms with Crippen LogP contribution in [0.2, 0.25) is 5.02 Å².